The average molecular weight is 236 g/mol. The van der Waals surface area contributed by atoms with Crippen LogP contribution in [0.2, 0.25) is 0 Å². The zero-order valence-electron chi connectivity index (χ0n) is 11.4. The van der Waals surface area contributed by atoms with Crippen molar-refractivity contribution in [2.75, 3.05) is 0 Å². The van der Waals surface area contributed by atoms with Gasteiger partial charge in [0.2, 0.25) is 0 Å². The molecule has 0 spiro atoms. The summed E-state index contributed by atoms with van der Waals surface area (Å²) in [6.07, 6.45) is 2.24. The maximum absolute atomic E-state index is 2.25. The van der Waals surface area contributed by atoms with E-state index in [2.05, 4.69) is 68.9 Å². The molecule has 1 aromatic heterocycles. The van der Waals surface area contributed by atoms with Crippen LogP contribution in [0.4, 0.5) is 0 Å². The van der Waals surface area contributed by atoms with E-state index in [0.29, 0.717) is 0 Å². The molecule has 3 rings (SSSR count). The quantitative estimate of drug-likeness (QED) is 0.413. The number of pyridine rings is 1. The van der Waals surface area contributed by atoms with Gasteiger partial charge in [0.25, 0.3) is 0 Å². The van der Waals surface area contributed by atoms with Gasteiger partial charge in [-0.3, -0.25) is 0 Å². The zero-order chi connectivity index (χ0) is 12.9. The van der Waals surface area contributed by atoms with Crippen LogP contribution in [0.1, 0.15) is 16.8 Å². The Kier molecular flexibility index (Phi) is 2.37. The Balaban J connectivity index is 2.54. The lowest BCUT2D eigenvalue weighted by Gasteiger charge is -2.08. The smallest absolute Gasteiger partial charge is 0.178 e. The molecule has 1 heteroatoms. The highest BCUT2D eigenvalue weighted by molar-refractivity contribution is 6.08. The normalized spacial score (nSPS) is 11.3. The summed E-state index contributed by atoms with van der Waals surface area (Å²) in [5.74, 6) is 0. The molecular formula is C17H18N+. The van der Waals surface area contributed by atoms with Crippen molar-refractivity contribution >= 4 is 21.5 Å². The molecule has 0 unspecified atom stereocenters. The van der Waals surface area contributed by atoms with Gasteiger partial charge in [-0.05, 0) is 41.1 Å². The van der Waals surface area contributed by atoms with Gasteiger partial charge in [-0.2, -0.15) is 0 Å². The van der Waals surface area contributed by atoms with Crippen LogP contribution < -0.4 is 4.57 Å². The maximum atomic E-state index is 2.25. The number of rotatable bonds is 0. The first-order chi connectivity index (χ1) is 8.58. The molecule has 0 aliphatic heterocycles. The van der Waals surface area contributed by atoms with Crippen molar-refractivity contribution in [3.8, 4) is 0 Å². The molecular weight excluding hydrogens is 218 g/mol. The van der Waals surface area contributed by atoms with Crippen LogP contribution in [-0.2, 0) is 7.05 Å². The van der Waals surface area contributed by atoms with Crippen molar-refractivity contribution < 1.29 is 4.57 Å². The van der Waals surface area contributed by atoms with E-state index in [4.69, 9.17) is 0 Å². The molecule has 0 atom stereocenters. The molecule has 3 aromatic rings. The van der Waals surface area contributed by atoms with E-state index in [1.165, 1.54) is 38.4 Å². The van der Waals surface area contributed by atoms with Crippen molar-refractivity contribution in [1.82, 2.24) is 0 Å². The van der Waals surface area contributed by atoms with E-state index in [-0.39, 0.29) is 0 Å². The third-order valence-electron chi connectivity index (χ3n) is 4.06. The van der Waals surface area contributed by atoms with Gasteiger partial charge in [0, 0.05) is 13.0 Å². The van der Waals surface area contributed by atoms with E-state index < -0.39 is 0 Å². The van der Waals surface area contributed by atoms with Gasteiger partial charge in [0.1, 0.15) is 7.05 Å². The number of aromatic nitrogens is 1. The molecule has 0 bridgehead atoms. The molecule has 0 saturated carbocycles. The summed E-state index contributed by atoms with van der Waals surface area (Å²) in [5.41, 5.74) is 4.03. The molecule has 2 aromatic carbocycles. The van der Waals surface area contributed by atoms with Crippen LogP contribution in [-0.4, -0.2) is 0 Å². The second-order valence-corrected chi connectivity index (χ2v) is 5.20. The molecule has 0 amide bonds. The lowest BCUT2D eigenvalue weighted by molar-refractivity contribution is -0.676. The molecule has 1 heterocycles. The van der Waals surface area contributed by atoms with Crippen LogP contribution >= 0.6 is 0 Å². The Morgan fingerprint density at radius 2 is 1.56 bits per heavy atom. The number of benzene rings is 2. The molecule has 0 saturated heterocycles. The van der Waals surface area contributed by atoms with Gasteiger partial charge in [-0.1, -0.05) is 24.3 Å². The second kappa shape index (κ2) is 3.81. The lowest BCUT2D eigenvalue weighted by atomic mass is 9.97. The Morgan fingerprint density at radius 1 is 0.833 bits per heavy atom. The monoisotopic (exact) mass is 236 g/mol. The molecule has 18 heavy (non-hydrogen) atoms. The largest absolute Gasteiger partial charge is 0.205 e. The van der Waals surface area contributed by atoms with Gasteiger partial charge in [0.05, 0.1) is 5.39 Å². The first-order valence-corrected chi connectivity index (χ1v) is 6.37. The van der Waals surface area contributed by atoms with Crippen LogP contribution in [0.5, 0.6) is 0 Å². The highest BCUT2D eigenvalue weighted by Crippen LogP contribution is 2.28. The van der Waals surface area contributed by atoms with Crippen molar-refractivity contribution in [3.63, 3.8) is 0 Å². The van der Waals surface area contributed by atoms with Crippen LogP contribution in [0.15, 0.2) is 36.5 Å². The summed E-state index contributed by atoms with van der Waals surface area (Å²) in [4.78, 5) is 0. The van der Waals surface area contributed by atoms with Gasteiger partial charge in [-0.25, -0.2) is 4.57 Å². The number of hydrogen-bond acceptors (Lipinski definition) is 0. The Labute approximate surface area is 108 Å². The summed E-state index contributed by atoms with van der Waals surface area (Å²) in [6, 6.07) is 11.2. The fourth-order valence-corrected chi connectivity index (χ4v) is 2.60. The van der Waals surface area contributed by atoms with E-state index in [1.807, 2.05) is 0 Å². The molecule has 0 radical (unpaired) electrons. The van der Waals surface area contributed by atoms with Gasteiger partial charge >= 0.3 is 0 Å². The number of nitrogens with zero attached hydrogens (tertiary/aromatic N) is 1. The fraction of sp³-hybridized carbons (Fsp3) is 0.235. The highest BCUT2D eigenvalue weighted by atomic mass is 14.9. The van der Waals surface area contributed by atoms with E-state index >= 15 is 0 Å². The van der Waals surface area contributed by atoms with Gasteiger partial charge in [0.15, 0.2) is 11.9 Å². The van der Waals surface area contributed by atoms with Crippen molar-refractivity contribution in [2.24, 2.45) is 7.05 Å². The molecule has 0 aliphatic rings. The van der Waals surface area contributed by atoms with Crippen LogP contribution in [0.3, 0.4) is 0 Å². The first kappa shape index (κ1) is 11.2. The van der Waals surface area contributed by atoms with Gasteiger partial charge in [-0.15, -0.1) is 0 Å². The summed E-state index contributed by atoms with van der Waals surface area (Å²) >= 11 is 0. The third-order valence-corrected chi connectivity index (χ3v) is 4.06. The highest BCUT2D eigenvalue weighted by Gasteiger charge is 2.09. The average Bonchev–Trinajstić information content (AvgIpc) is 2.35. The SMILES string of the molecule is Cc1ccc2c(ccc3cc(C)[n+](C)cc32)c1C. The predicted octanol–water partition coefficient (Wildman–Crippen LogP) is 3.74. The Morgan fingerprint density at radius 3 is 2.33 bits per heavy atom. The lowest BCUT2D eigenvalue weighted by Crippen LogP contribution is -2.30. The second-order valence-electron chi connectivity index (χ2n) is 5.20. The van der Waals surface area contributed by atoms with Gasteiger partial charge < -0.3 is 0 Å². The minimum atomic E-state index is 1.28. The first-order valence-electron chi connectivity index (χ1n) is 6.37. The van der Waals surface area contributed by atoms with E-state index in [9.17, 15) is 0 Å². The minimum Gasteiger partial charge on any atom is -0.205 e. The number of aryl methyl sites for hydroxylation is 4. The van der Waals surface area contributed by atoms with Crippen molar-refractivity contribution in [2.45, 2.75) is 20.8 Å². The third kappa shape index (κ3) is 1.51. The predicted molar refractivity (Wildman–Crippen MR) is 76.8 cm³/mol. The Bertz CT molecular complexity index is 770. The molecule has 90 valence electrons. The molecule has 0 aliphatic carbocycles. The molecule has 0 fully saturated rings. The standard InChI is InChI=1S/C17H18N/c1-11-5-7-16-15(13(11)3)8-6-14-9-12(2)18(4)10-17(14)16/h5-10H,1-4H3/q+1. The number of hydrogen-bond donors (Lipinski definition) is 0. The minimum absolute atomic E-state index is 1.28. The van der Waals surface area contributed by atoms with E-state index in [1.54, 1.807) is 0 Å². The molecule has 1 nitrogen and oxygen atoms in total. The summed E-state index contributed by atoms with van der Waals surface area (Å²) in [7, 11) is 2.11. The summed E-state index contributed by atoms with van der Waals surface area (Å²) < 4.78 is 2.19. The topological polar surface area (TPSA) is 3.88 Å². The number of fused-ring (bicyclic) bond motifs is 3. The fourth-order valence-electron chi connectivity index (χ4n) is 2.60. The molecule has 0 N–H and O–H groups in total. The van der Waals surface area contributed by atoms with Crippen LogP contribution in [0, 0.1) is 20.8 Å². The van der Waals surface area contributed by atoms with Crippen LogP contribution in [0.25, 0.3) is 21.5 Å². The van der Waals surface area contributed by atoms with Crippen molar-refractivity contribution in [3.05, 3.63) is 53.3 Å². The zero-order valence-corrected chi connectivity index (χ0v) is 11.4. The van der Waals surface area contributed by atoms with Crippen molar-refractivity contribution in [1.29, 1.82) is 0 Å². The summed E-state index contributed by atoms with van der Waals surface area (Å²) in [6.45, 7) is 6.52. The Hall–Kier alpha value is -1.89. The van der Waals surface area contributed by atoms with E-state index in [0.717, 1.165) is 0 Å². The maximum Gasteiger partial charge on any atom is 0.178 e. The summed E-state index contributed by atoms with van der Waals surface area (Å²) in [5, 5.41) is 5.38.